The second-order valence-corrected chi connectivity index (χ2v) is 4.39. The van der Waals surface area contributed by atoms with Crippen molar-refractivity contribution in [2.24, 2.45) is 0 Å². The minimum Gasteiger partial charge on any atom is -0.385 e. The average Bonchev–Trinajstić information content (AvgIpc) is 2.37. The molecule has 0 saturated heterocycles. The summed E-state index contributed by atoms with van der Waals surface area (Å²) in [7, 11) is 0. The lowest BCUT2D eigenvalue weighted by Gasteiger charge is -2.16. The Kier molecular flexibility index (Phi) is 6.71. The summed E-state index contributed by atoms with van der Waals surface area (Å²) in [5, 5.41) is 3.36. The summed E-state index contributed by atoms with van der Waals surface area (Å²) in [4.78, 5) is 0. The zero-order valence-electron chi connectivity index (χ0n) is 10.8. The van der Waals surface area contributed by atoms with Crippen LogP contribution in [0, 0.1) is 0 Å². The summed E-state index contributed by atoms with van der Waals surface area (Å²) in [5.41, 5.74) is 2.79. The third kappa shape index (κ3) is 4.69. The number of aryl methyl sites for hydroxylation is 1. The topological polar surface area (TPSA) is 12.0 Å². The summed E-state index contributed by atoms with van der Waals surface area (Å²) in [6, 6.07) is 8.53. The Morgan fingerprint density at radius 2 is 1.75 bits per heavy atom. The molecule has 1 heteroatoms. The molecule has 0 aromatic heterocycles. The second kappa shape index (κ2) is 8.20. The van der Waals surface area contributed by atoms with Gasteiger partial charge in [-0.15, -0.1) is 0 Å². The highest BCUT2D eigenvalue weighted by atomic mass is 14.9. The van der Waals surface area contributed by atoms with Gasteiger partial charge in [-0.1, -0.05) is 57.7 Å². The molecule has 0 radical (unpaired) electrons. The number of para-hydroxylation sites is 1. The van der Waals surface area contributed by atoms with E-state index in [0.717, 1.165) is 6.54 Å². The Balaban J connectivity index is 0.000000187. The maximum atomic E-state index is 3.36. The molecule has 0 fully saturated rings. The van der Waals surface area contributed by atoms with Crippen LogP contribution in [0.2, 0.25) is 0 Å². The Morgan fingerprint density at radius 3 is 2.38 bits per heavy atom. The number of nitrogens with one attached hydrogen (secondary N) is 1. The van der Waals surface area contributed by atoms with Gasteiger partial charge in [-0.25, -0.2) is 0 Å². The summed E-state index contributed by atoms with van der Waals surface area (Å²) in [5.74, 6) is 0. The zero-order chi connectivity index (χ0) is 11.6. The third-order valence-corrected chi connectivity index (χ3v) is 2.91. The molecule has 1 N–H and O–H groups in total. The smallest absolute Gasteiger partial charge is 0.0372 e. The van der Waals surface area contributed by atoms with Crippen molar-refractivity contribution in [2.75, 3.05) is 11.9 Å². The van der Waals surface area contributed by atoms with Crippen LogP contribution < -0.4 is 5.32 Å². The lowest BCUT2D eigenvalue weighted by atomic mass is 10.0. The molecule has 0 saturated carbocycles. The number of benzene rings is 1. The maximum absolute atomic E-state index is 3.36. The predicted molar refractivity (Wildman–Crippen MR) is 73.1 cm³/mol. The number of rotatable bonds is 3. The minimum atomic E-state index is 1.14. The molecule has 1 nitrogen and oxygen atoms in total. The van der Waals surface area contributed by atoms with Gasteiger partial charge in [0.2, 0.25) is 0 Å². The van der Waals surface area contributed by atoms with E-state index >= 15 is 0 Å². The fourth-order valence-corrected chi connectivity index (χ4v) is 1.91. The van der Waals surface area contributed by atoms with Gasteiger partial charge in [-0.2, -0.15) is 0 Å². The number of hydrogen-bond acceptors (Lipinski definition) is 1. The standard InChI is InChI=1S/C9H11N.C6H14/c1-2-6-9-8(4-1)5-3-7-10-9;1-3-5-6-4-2/h1-2,4,6,10H,3,5,7H2;3-6H2,1-2H3. The van der Waals surface area contributed by atoms with Crippen LogP contribution in [0.1, 0.15) is 51.5 Å². The molecule has 2 rings (SSSR count). The van der Waals surface area contributed by atoms with Crippen LogP contribution in [0.15, 0.2) is 24.3 Å². The first-order valence-electron chi connectivity index (χ1n) is 6.70. The summed E-state index contributed by atoms with van der Waals surface area (Å²) < 4.78 is 0. The lowest BCUT2D eigenvalue weighted by molar-refractivity contribution is 0.702. The fraction of sp³-hybridized carbons (Fsp3) is 0.600. The van der Waals surface area contributed by atoms with Gasteiger partial charge in [0.05, 0.1) is 0 Å². The Morgan fingerprint density at radius 1 is 1.06 bits per heavy atom. The molecular weight excluding hydrogens is 194 g/mol. The van der Waals surface area contributed by atoms with Crippen LogP contribution >= 0.6 is 0 Å². The third-order valence-electron chi connectivity index (χ3n) is 2.91. The highest BCUT2D eigenvalue weighted by Gasteiger charge is 2.04. The van der Waals surface area contributed by atoms with Gasteiger partial charge in [0.1, 0.15) is 0 Å². The molecule has 1 aromatic rings. The molecule has 1 aliphatic rings. The van der Waals surface area contributed by atoms with Gasteiger partial charge >= 0.3 is 0 Å². The first kappa shape index (κ1) is 13.1. The van der Waals surface area contributed by atoms with Crippen LogP contribution in [0.25, 0.3) is 0 Å². The molecule has 0 atom stereocenters. The Bertz CT molecular complexity index is 252. The van der Waals surface area contributed by atoms with Gasteiger partial charge in [0, 0.05) is 12.2 Å². The number of anilines is 1. The van der Waals surface area contributed by atoms with E-state index in [9.17, 15) is 0 Å². The van der Waals surface area contributed by atoms with E-state index in [0.29, 0.717) is 0 Å². The molecule has 16 heavy (non-hydrogen) atoms. The predicted octanol–water partition coefficient (Wildman–Crippen LogP) is 4.63. The van der Waals surface area contributed by atoms with Crippen molar-refractivity contribution in [3.63, 3.8) is 0 Å². The summed E-state index contributed by atoms with van der Waals surface area (Å²) in [6.45, 7) is 5.60. The van der Waals surface area contributed by atoms with Gasteiger partial charge in [-0.3, -0.25) is 0 Å². The van der Waals surface area contributed by atoms with Crippen LogP contribution in [0.4, 0.5) is 5.69 Å². The number of fused-ring (bicyclic) bond motifs is 1. The van der Waals surface area contributed by atoms with E-state index in [4.69, 9.17) is 0 Å². The zero-order valence-corrected chi connectivity index (χ0v) is 10.8. The van der Waals surface area contributed by atoms with E-state index in [-0.39, 0.29) is 0 Å². The monoisotopic (exact) mass is 219 g/mol. The molecule has 0 bridgehead atoms. The average molecular weight is 219 g/mol. The number of unbranched alkanes of at least 4 members (excludes halogenated alkanes) is 3. The van der Waals surface area contributed by atoms with Crippen molar-refractivity contribution >= 4 is 5.69 Å². The molecule has 1 heterocycles. The molecule has 0 aliphatic carbocycles. The van der Waals surface area contributed by atoms with Crippen molar-refractivity contribution in [3.8, 4) is 0 Å². The first-order chi connectivity index (χ1) is 7.88. The summed E-state index contributed by atoms with van der Waals surface area (Å²) in [6.07, 6.45) is 8.05. The molecule has 0 spiro atoms. The highest BCUT2D eigenvalue weighted by molar-refractivity contribution is 5.52. The minimum absolute atomic E-state index is 1.14. The Labute approximate surface area is 100 Å². The SMILES string of the molecule is CCCCCC.c1ccc2c(c1)CCCN2. The first-order valence-corrected chi connectivity index (χ1v) is 6.70. The van der Waals surface area contributed by atoms with Gasteiger partial charge in [0.25, 0.3) is 0 Å². The van der Waals surface area contributed by atoms with Crippen LogP contribution in [0.5, 0.6) is 0 Å². The summed E-state index contributed by atoms with van der Waals surface area (Å²) >= 11 is 0. The molecular formula is C15H25N. The van der Waals surface area contributed by atoms with Gasteiger partial charge in [0.15, 0.2) is 0 Å². The van der Waals surface area contributed by atoms with E-state index in [1.807, 2.05) is 0 Å². The molecule has 0 amide bonds. The second-order valence-electron chi connectivity index (χ2n) is 4.39. The van der Waals surface area contributed by atoms with E-state index in [1.54, 1.807) is 0 Å². The fourth-order valence-electron chi connectivity index (χ4n) is 1.91. The Hall–Kier alpha value is -0.980. The van der Waals surface area contributed by atoms with Crippen molar-refractivity contribution in [2.45, 2.75) is 52.4 Å². The van der Waals surface area contributed by atoms with E-state index in [1.165, 1.54) is 49.8 Å². The lowest BCUT2D eigenvalue weighted by Crippen LogP contribution is -2.10. The van der Waals surface area contributed by atoms with Crippen molar-refractivity contribution in [1.82, 2.24) is 0 Å². The van der Waals surface area contributed by atoms with Gasteiger partial charge < -0.3 is 5.32 Å². The normalized spacial score (nSPS) is 13.1. The van der Waals surface area contributed by atoms with Crippen molar-refractivity contribution in [3.05, 3.63) is 29.8 Å². The van der Waals surface area contributed by atoms with Gasteiger partial charge in [-0.05, 0) is 24.5 Å². The molecule has 1 aliphatic heterocycles. The quantitative estimate of drug-likeness (QED) is 0.731. The van der Waals surface area contributed by atoms with Crippen LogP contribution in [-0.4, -0.2) is 6.54 Å². The highest BCUT2D eigenvalue weighted by Crippen LogP contribution is 2.20. The molecule has 90 valence electrons. The molecule has 0 unspecified atom stereocenters. The maximum Gasteiger partial charge on any atom is 0.0372 e. The van der Waals surface area contributed by atoms with Crippen LogP contribution in [-0.2, 0) is 6.42 Å². The van der Waals surface area contributed by atoms with Crippen LogP contribution in [0.3, 0.4) is 0 Å². The van der Waals surface area contributed by atoms with E-state index < -0.39 is 0 Å². The van der Waals surface area contributed by atoms with Crippen molar-refractivity contribution < 1.29 is 0 Å². The largest absolute Gasteiger partial charge is 0.385 e. The number of hydrogen-bond donors (Lipinski definition) is 1. The molecule has 1 aromatic carbocycles. The van der Waals surface area contributed by atoms with E-state index in [2.05, 4.69) is 43.4 Å². The van der Waals surface area contributed by atoms with Crippen molar-refractivity contribution in [1.29, 1.82) is 0 Å².